The Morgan fingerprint density at radius 3 is 1.92 bits per heavy atom. The first-order valence-electron chi connectivity index (χ1n) is 17.0. The van der Waals surface area contributed by atoms with Crippen molar-refractivity contribution in [2.24, 2.45) is 17.8 Å². The zero-order chi connectivity index (χ0) is 33.9. The summed E-state index contributed by atoms with van der Waals surface area (Å²) in [5, 5.41) is 18.8. The molecule has 0 saturated carbocycles. The highest BCUT2D eigenvalue weighted by atomic mass is 15.0. The number of hydrogen-bond donors (Lipinski definition) is 0. The zero-order valence-corrected chi connectivity index (χ0v) is 28.1. The molecule has 0 saturated heterocycles. The molecule has 3 atom stereocenters. The second-order valence-corrected chi connectivity index (χ2v) is 13.3. The summed E-state index contributed by atoms with van der Waals surface area (Å²) >= 11 is 0. The molecule has 3 aliphatic rings. The third-order valence-electron chi connectivity index (χ3n) is 9.68. The Kier molecular flexibility index (Phi) is 8.84. The Morgan fingerprint density at radius 2 is 1.29 bits per heavy atom. The van der Waals surface area contributed by atoms with E-state index in [4.69, 9.17) is 15.0 Å². The van der Waals surface area contributed by atoms with Crippen LogP contribution in [0.5, 0.6) is 0 Å². The minimum atomic E-state index is 0.207. The first kappa shape index (κ1) is 31.7. The van der Waals surface area contributed by atoms with Gasteiger partial charge in [-0.25, -0.2) is 15.0 Å². The molecular formula is C44H37N5. The molecule has 0 aliphatic heterocycles. The molecule has 5 heteroatoms. The van der Waals surface area contributed by atoms with Gasteiger partial charge in [0.05, 0.1) is 17.7 Å². The Bertz CT molecular complexity index is 2200. The van der Waals surface area contributed by atoms with Crippen LogP contribution in [0, 0.1) is 40.4 Å². The first-order valence-corrected chi connectivity index (χ1v) is 17.0. The van der Waals surface area contributed by atoms with Crippen molar-refractivity contribution in [3.05, 3.63) is 144 Å². The fourth-order valence-electron chi connectivity index (χ4n) is 6.63. The standard InChI is InChI=1S/C44H37N5/c1-28-8-12-35(13-9-28)42-47-43(49-44(48-42)41-7-5-4-6-29(41)2)40-24-38(33-14-10-31(26-45)11-15-33)23-39(25-40)34-18-16-32(17-19-34)36-20-21-37(27-46)30(3)22-36/h4-5,7-8,10-21,23-25,28-30H,6,9,22H2,1-3H3. The van der Waals surface area contributed by atoms with Crippen LogP contribution in [0.25, 0.3) is 50.4 Å². The van der Waals surface area contributed by atoms with Crippen LogP contribution in [0.2, 0.25) is 0 Å². The number of benzene rings is 3. The molecule has 1 heterocycles. The van der Waals surface area contributed by atoms with Crippen molar-refractivity contribution in [3.63, 3.8) is 0 Å². The van der Waals surface area contributed by atoms with Crippen LogP contribution in [0.15, 0.2) is 121 Å². The smallest absolute Gasteiger partial charge is 0.164 e. The molecule has 1 aromatic heterocycles. The quantitative estimate of drug-likeness (QED) is 0.210. The van der Waals surface area contributed by atoms with Crippen molar-refractivity contribution in [2.45, 2.75) is 40.0 Å². The summed E-state index contributed by atoms with van der Waals surface area (Å²) in [7, 11) is 0. The normalized spacial score (nSPS) is 20.0. The minimum Gasteiger partial charge on any atom is -0.209 e. The molecule has 7 rings (SSSR count). The molecule has 0 spiro atoms. The third kappa shape index (κ3) is 6.75. The van der Waals surface area contributed by atoms with Gasteiger partial charge in [0.2, 0.25) is 0 Å². The highest BCUT2D eigenvalue weighted by Crippen LogP contribution is 2.36. The average molecular weight is 636 g/mol. The van der Waals surface area contributed by atoms with E-state index in [9.17, 15) is 10.5 Å². The number of rotatable bonds is 6. The maximum absolute atomic E-state index is 9.43. The molecule has 0 radical (unpaired) electrons. The van der Waals surface area contributed by atoms with Crippen molar-refractivity contribution in [2.75, 3.05) is 0 Å². The second-order valence-electron chi connectivity index (χ2n) is 13.3. The van der Waals surface area contributed by atoms with E-state index in [2.05, 4.69) is 118 Å². The van der Waals surface area contributed by atoms with Crippen LogP contribution in [0.4, 0.5) is 0 Å². The Hall–Kier alpha value is -5.91. The number of allylic oxidation sites excluding steroid dienone is 12. The molecule has 0 N–H and O–H groups in total. The monoisotopic (exact) mass is 635 g/mol. The fourth-order valence-corrected chi connectivity index (χ4v) is 6.63. The lowest BCUT2D eigenvalue weighted by atomic mass is 9.85. The SMILES string of the molecule is CC1C=CC(c2nc(C3=CC=CCC3C)nc(-c3cc(-c4ccc(C#N)cc4)cc(-c4ccc(C5=CC=C(C#N)C(C)C5)cc4)c3)n2)=CC1. The van der Waals surface area contributed by atoms with Gasteiger partial charge < -0.3 is 0 Å². The van der Waals surface area contributed by atoms with Gasteiger partial charge in [-0.1, -0.05) is 99.7 Å². The zero-order valence-electron chi connectivity index (χ0n) is 28.1. The molecule has 238 valence electrons. The van der Waals surface area contributed by atoms with Gasteiger partial charge in [0, 0.05) is 22.3 Å². The lowest BCUT2D eigenvalue weighted by Gasteiger charge is -2.19. The number of nitriles is 2. The maximum atomic E-state index is 9.43. The van der Waals surface area contributed by atoms with E-state index < -0.39 is 0 Å². The van der Waals surface area contributed by atoms with Gasteiger partial charge in [-0.2, -0.15) is 10.5 Å². The molecule has 49 heavy (non-hydrogen) atoms. The fraction of sp³-hybridized carbons (Fsp3) is 0.205. The largest absolute Gasteiger partial charge is 0.209 e. The van der Waals surface area contributed by atoms with Gasteiger partial charge in [0.1, 0.15) is 0 Å². The van der Waals surface area contributed by atoms with Crippen LogP contribution in [-0.4, -0.2) is 15.0 Å². The van der Waals surface area contributed by atoms with E-state index in [1.807, 2.05) is 30.3 Å². The van der Waals surface area contributed by atoms with E-state index >= 15 is 0 Å². The Balaban J connectivity index is 1.36. The van der Waals surface area contributed by atoms with Crippen molar-refractivity contribution >= 4 is 16.7 Å². The van der Waals surface area contributed by atoms with Gasteiger partial charge >= 0.3 is 0 Å². The molecule has 3 unspecified atom stereocenters. The summed E-state index contributed by atoms with van der Waals surface area (Å²) in [6.45, 7) is 6.54. The van der Waals surface area contributed by atoms with E-state index in [0.29, 0.717) is 34.9 Å². The molecule has 3 aromatic carbocycles. The predicted octanol–water partition coefficient (Wildman–Crippen LogP) is 10.6. The van der Waals surface area contributed by atoms with Crippen LogP contribution < -0.4 is 0 Å². The van der Waals surface area contributed by atoms with Crippen LogP contribution in [0.1, 0.15) is 62.8 Å². The molecule has 0 bridgehead atoms. The molecule has 5 nitrogen and oxygen atoms in total. The van der Waals surface area contributed by atoms with Crippen molar-refractivity contribution in [1.82, 2.24) is 15.0 Å². The van der Waals surface area contributed by atoms with E-state index in [-0.39, 0.29) is 5.92 Å². The van der Waals surface area contributed by atoms with Crippen LogP contribution in [-0.2, 0) is 0 Å². The van der Waals surface area contributed by atoms with Gasteiger partial charge in [-0.05, 0) is 107 Å². The molecular weight excluding hydrogens is 599 g/mol. The topological polar surface area (TPSA) is 86.2 Å². The summed E-state index contributed by atoms with van der Waals surface area (Å²) in [6, 6.07) is 27.4. The number of nitrogens with zero attached hydrogens (tertiary/aromatic N) is 5. The van der Waals surface area contributed by atoms with Crippen molar-refractivity contribution in [3.8, 4) is 45.8 Å². The lowest BCUT2D eigenvalue weighted by Crippen LogP contribution is -2.10. The van der Waals surface area contributed by atoms with E-state index in [1.54, 1.807) is 0 Å². The number of aromatic nitrogens is 3. The summed E-state index contributed by atoms with van der Waals surface area (Å²) in [5.74, 6) is 3.01. The molecule has 4 aromatic rings. The molecule has 0 amide bonds. The highest BCUT2D eigenvalue weighted by molar-refractivity contribution is 5.82. The third-order valence-corrected chi connectivity index (χ3v) is 9.68. The lowest BCUT2D eigenvalue weighted by molar-refractivity contribution is 0.719. The van der Waals surface area contributed by atoms with Gasteiger partial charge in [0.25, 0.3) is 0 Å². The molecule has 0 fully saturated rings. The maximum Gasteiger partial charge on any atom is 0.164 e. The Morgan fingerprint density at radius 1 is 0.633 bits per heavy atom. The van der Waals surface area contributed by atoms with Gasteiger partial charge in [-0.3, -0.25) is 0 Å². The van der Waals surface area contributed by atoms with Gasteiger partial charge in [0.15, 0.2) is 17.5 Å². The molecule has 3 aliphatic carbocycles. The summed E-state index contributed by atoms with van der Waals surface area (Å²) in [6.07, 6.45) is 19.8. The van der Waals surface area contributed by atoms with Crippen LogP contribution >= 0.6 is 0 Å². The second kappa shape index (κ2) is 13.7. The first-order chi connectivity index (χ1) is 23.9. The minimum absolute atomic E-state index is 0.207. The average Bonchev–Trinajstić information content (AvgIpc) is 3.15. The summed E-state index contributed by atoms with van der Waals surface area (Å²) in [4.78, 5) is 15.3. The summed E-state index contributed by atoms with van der Waals surface area (Å²) in [5.41, 5.74) is 11.0. The highest BCUT2D eigenvalue weighted by Gasteiger charge is 2.21. The van der Waals surface area contributed by atoms with E-state index in [0.717, 1.165) is 69.4 Å². The van der Waals surface area contributed by atoms with E-state index in [1.165, 1.54) is 5.57 Å². The summed E-state index contributed by atoms with van der Waals surface area (Å²) < 4.78 is 0. The van der Waals surface area contributed by atoms with Crippen molar-refractivity contribution in [1.29, 1.82) is 10.5 Å². The van der Waals surface area contributed by atoms with Crippen LogP contribution in [0.3, 0.4) is 0 Å². The number of hydrogen-bond acceptors (Lipinski definition) is 5. The predicted molar refractivity (Wildman–Crippen MR) is 198 cm³/mol. The van der Waals surface area contributed by atoms with Gasteiger partial charge in [-0.15, -0.1) is 0 Å². The Labute approximate surface area is 288 Å². The van der Waals surface area contributed by atoms with Crippen molar-refractivity contribution < 1.29 is 0 Å².